The van der Waals surface area contributed by atoms with Gasteiger partial charge in [-0.1, -0.05) is 32.4 Å². The molecule has 2 rings (SSSR count). The second-order valence-electron chi connectivity index (χ2n) is 4.74. The molecule has 0 aliphatic heterocycles. The van der Waals surface area contributed by atoms with Gasteiger partial charge in [-0.25, -0.2) is 4.98 Å². The van der Waals surface area contributed by atoms with Crippen LogP contribution in [-0.2, 0) is 0 Å². The lowest BCUT2D eigenvalue weighted by Gasteiger charge is -2.16. The van der Waals surface area contributed by atoms with E-state index in [1.165, 1.54) is 0 Å². The summed E-state index contributed by atoms with van der Waals surface area (Å²) in [5, 5.41) is 4.09. The average Bonchev–Trinajstić information content (AvgIpc) is 2.44. The van der Waals surface area contributed by atoms with E-state index in [0.717, 1.165) is 37.1 Å². The number of rotatable bonds is 6. The van der Waals surface area contributed by atoms with Crippen molar-refractivity contribution in [2.75, 3.05) is 6.54 Å². The van der Waals surface area contributed by atoms with Crippen LogP contribution in [0.1, 0.15) is 45.0 Å². The lowest BCUT2D eigenvalue weighted by atomic mass is 10.2. The maximum atomic E-state index is 12.0. The van der Waals surface area contributed by atoms with Crippen molar-refractivity contribution in [3.63, 3.8) is 0 Å². The maximum Gasteiger partial charge on any atom is 0.258 e. The summed E-state index contributed by atoms with van der Waals surface area (Å²) >= 11 is 0. The first-order valence-corrected chi connectivity index (χ1v) is 6.98. The number of nitrogens with zero attached hydrogens (tertiary/aromatic N) is 1. The van der Waals surface area contributed by atoms with E-state index in [-0.39, 0.29) is 11.6 Å². The molecule has 0 fully saturated rings. The Kier molecular flexibility index (Phi) is 4.68. The van der Waals surface area contributed by atoms with Crippen molar-refractivity contribution < 1.29 is 0 Å². The molecule has 1 heterocycles. The molecule has 1 aromatic heterocycles. The first-order valence-electron chi connectivity index (χ1n) is 6.98. The van der Waals surface area contributed by atoms with Gasteiger partial charge in [0.15, 0.2) is 0 Å². The molecule has 0 amide bonds. The number of aromatic amines is 1. The number of hydrogen-bond acceptors (Lipinski definition) is 3. The van der Waals surface area contributed by atoms with Crippen molar-refractivity contribution in [1.29, 1.82) is 0 Å². The molecule has 0 aliphatic carbocycles. The predicted molar refractivity (Wildman–Crippen MR) is 78.3 cm³/mol. The van der Waals surface area contributed by atoms with Gasteiger partial charge >= 0.3 is 0 Å². The van der Waals surface area contributed by atoms with Crippen LogP contribution < -0.4 is 10.9 Å². The van der Waals surface area contributed by atoms with Crippen LogP contribution in [0.5, 0.6) is 0 Å². The van der Waals surface area contributed by atoms with E-state index in [9.17, 15) is 4.79 Å². The summed E-state index contributed by atoms with van der Waals surface area (Å²) in [7, 11) is 0. The van der Waals surface area contributed by atoms with Crippen molar-refractivity contribution in [1.82, 2.24) is 15.3 Å². The van der Waals surface area contributed by atoms with Crippen LogP contribution in [0.15, 0.2) is 29.1 Å². The third-order valence-corrected chi connectivity index (χ3v) is 3.29. The van der Waals surface area contributed by atoms with Crippen molar-refractivity contribution in [3.05, 3.63) is 40.4 Å². The molecule has 0 saturated heterocycles. The van der Waals surface area contributed by atoms with Gasteiger partial charge in [0.25, 0.3) is 5.56 Å². The quantitative estimate of drug-likeness (QED) is 0.784. The van der Waals surface area contributed by atoms with E-state index < -0.39 is 0 Å². The molecule has 19 heavy (non-hydrogen) atoms. The molecule has 0 aliphatic rings. The van der Waals surface area contributed by atoms with Gasteiger partial charge in [-0.05, 0) is 31.5 Å². The van der Waals surface area contributed by atoms with Crippen LogP contribution in [0.4, 0.5) is 0 Å². The van der Waals surface area contributed by atoms with E-state index in [2.05, 4.69) is 29.1 Å². The molecule has 4 nitrogen and oxygen atoms in total. The predicted octanol–water partition coefficient (Wildman–Crippen LogP) is 2.76. The number of aromatic nitrogens is 2. The fourth-order valence-corrected chi connectivity index (χ4v) is 2.16. The van der Waals surface area contributed by atoms with Gasteiger partial charge in [0.2, 0.25) is 0 Å². The summed E-state index contributed by atoms with van der Waals surface area (Å²) in [6, 6.07) is 7.56. The van der Waals surface area contributed by atoms with Gasteiger partial charge in [-0.15, -0.1) is 0 Å². The number of nitrogens with one attached hydrogen (secondary N) is 2. The summed E-state index contributed by atoms with van der Waals surface area (Å²) in [6.07, 6.45) is 3.20. The number of para-hydroxylation sites is 1. The Labute approximate surface area is 113 Å². The topological polar surface area (TPSA) is 57.8 Å². The fourth-order valence-electron chi connectivity index (χ4n) is 2.16. The van der Waals surface area contributed by atoms with Crippen LogP contribution in [-0.4, -0.2) is 16.5 Å². The molecule has 1 unspecified atom stereocenters. The number of fused-ring (bicyclic) bond motifs is 1. The fraction of sp³-hybridized carbons (Fsp3) is 0.467. The van der Waals surface area contributed by atoms with Gasteiger partial charge < -0.3 is 10.3 Å². The molecule has 0 radical (unpaired) electrons. The van der Waals surface area contributed by atoms with E-state index in [0.29, 0.717) is 5.39 Å². The Balaban J connectivity index is 2.30. The Morgan fingerprint density at radius 3 is 2.84 bits per heavy atom. The van der Waals surface area contributed by atoms with Crippen LogP contribution in [0.2, 0.25) is 0 Å². The van der Waals surface area contributed by atoms with Crippen LogP contribution in [0.3, 0.4) is 0 Å². The highest BCUT2D eigenvalue weighted by Gasteiger charge is 2.12. The minimum Gasteiger partial charge on any atom is -0.309 e. The van der Waals surface area contributed by atoms with Crippen molar-refractivity contribution >= 4 is 10.9 Å². The zero-order valence-corrected chi connectivity index (χ0v) is 11.6. The maximum absolute atomic E-state index is 12.0. The number of hydrogen-bond donors (Lipinski definition) is 2. The first kappa shape index (κ1) is 13.7. The molecular weight excluding hydrogens is 238 g/mol. The minimum atomic E-state index is -0.0589. The zero-order chi connectivity index (χ0) is 13.7. The molecule has 4 heteroatoms. The highest BCUT2D eigenvalue weighted by molar-refractivity contribution is 5.77. The van der Waals surface area contributed by atoms with Gasteiger partial charge in [0.05, 0.1) is 16.9 Å². The van der Waals surface area contributed by atoms with Crippen molar-refractivity contribution in [2.45, 2.75) is 39.2 Å². The summed E-state index contributed by atoms with van der Waals surface area (Å²) in [6.45, 7) is 5.21. The normalized spacial score (nSPS) is 12.7. The Bertz CT molecular complexity index is 591. The monoisotopic (exact) mass is 259 g/mol. The van der Waals surface area contributed by atoms with Crippen LogP contribution in [0, 0.1) is 0 Å². The highest BCUT2D eigenvalue weighted by atomic mass is 16.1. The van der Waals surface area contributed by atoms with Gasteiger partial charge in [-0.3, -0.25) is 4.79 Å². The minimum absolute atomic E-state index is 0.0589. The standard InChI is InChI=1S/C15H21N3O/c1-3-5-10-16-12(4-2)14-17-13-9-7-6-8-11(13)15(19)18-14/h6-9,12,16H,3-5,10H2,1-2H3,(H,17,18,19). The molecule has 2 aromatic rings. The van der Waals surface area contributed by atoms with Gasteiger partial charge in [0, 0.05) is 0 Å². The summed E-state index contributed by atoms with van der Waals surface area (Å²) < 4.78 is 0. The number of unbranched alkanes of at least 4 members (excludes halogenated alkanes) is 1. The lowest BCUT2D eigenvalue weighted by Crippen LogP contribution is -2.26. The van der Waals surface area contributed by atoms with Gasteiger partial charge in [-0.2, -0.15) is 0 Å². The highest BCUT2D eigenvalue weighted by Crippen LogP contribution is 2.14. The summed E-state index contributed by atoms with van der Waals surface area (Å²) in [5.74, 6) is 0.738. The van der Waals surface area contributed by atoms with E-state index in [1.54, 1.807) is 6.07 Å². The number of H-pyrrole nitrogens is 1. The van der Waals surface area contributed by atoms with Crippen molar-refractivity contribution in [2.24, 2.45) is 0 Å². The summed E-state index contributed by atoms with van der Waals surface area (Å²) in [5.41, 5.74) is 0.702. The third-order valence-electron chi connectivity index (χ3n) is 3.29. The molecule has 0 spiro atoms. The SMILES string of the molecule is CCCCNC(CC)c1nc2ccccc2c(=O)[nH]1. The van der Waals surface area contributed by atoms with Crippen LogP contribution >= 0.6 is 0 Å². The molecule has 2 N–H and O–H groups in total. The molecule has 1 atom stereocenters. The Morgan fingerprint density at radius 2 is 2.11 bits per heavy atom. The second kappa shape index (κ2) is 6.48. The molecule has 102 valence electrons. The van der Waals surface area contributed by atoms with Gasteiger partial charge in [0.1, 0.15) is 5.82 Å². The second-order valence-corrected chi connectivity index (χ2v) is 4.74. The Morgan fingerprint density at radius 1 is 1.32 bits per heavy atom. The Hall–Kier alpha value is -1.68. The first-order chi connectivity index (χ1) is 9.26. The van der Waals surface area contributed by atoms with Crippen LogP contribution in [0.25, 0.3) is 10.9 Å². The number of benzene rings is 1. The summed E-state index contributed by atoms with van der Waals surface area (Å²) in [4.78, 5) is 19.5. The van der Waals surface area contributed by atoms with Crippen molar-refractivity contribution in [3.8, 4) is 0 Å². The zero-order valence-electron chi connectivity index (χ0n) is 11.6. The average molecular weight is 259 g/mol. The van der Waals surface area contributed by atoms with E-state index >= 15 is 0 Å². The lowest BCUT2D eigenvalue weighted by molar-refractivity contribution is 0.486. The van der Waals surface area contributed by atoms with E-state index in [4.69, 9.17) is 0 Å². The molecular formula is C15H21N3O. The molecule has 1 aromatic carbocycles. The third kappa shape index (κ3) is 3.20. The van der Waals surface area contributed by atoms with E-state index in [1.807, 2.05) is 18.2 Å². The largest absolute Gasteiger partial charge is 0.309 e. The molecule has 0 saturated carbocycles. The molecule has 0 bridgehead atoms. The smallest absolute Gasteiger partial charge is 0.258 e.